The summed E-state index contributed by atoms with van der Waals surface area (Å²) in [5.41, 5.74) is -1.54. The lowest BCUT2D eigenvalue weighted by Crippen LogP contribution is -2.39. The number of hydrogen-bond acceptors (Lipinski definition) is 7. The normalized spacial score (nSPS) is 16.6. The topological polar surface area (TPSA) is 108 Å². The molecule has 0 spiro atoms. The van der Waals surface area contributed by atoms with Crippen molar-refractivity contribution in [3.05, 3.63) is 41.4 Å². The lowest BCUT2D eigenvalue weighted by Gasteiger charge is -2.16. The summed E-state index contributed by atoms with van der Waals surface area (Å²) >= 11 is 1.76. The fourth-order valence-electron chi connectivity index (χ4n) is 2.57. The molecule has 0 radical (unpaired) electrons. The number of halogens is 3. The molecule has 2 heterocycles. The van der Waals surface area contributed by atoms with Crippen molar-refractivity contribution in [1.82, 2.24) is 9.88 Å². The minimum atomic E-state index is -4.69. The van der Waals surface area contributed by atoms with Crippen LogP contribution < -0.4 is 10.6 Å². The Hall–Kier alpha value is -2.93. The van der Waals surface area contributed by atoms with Crippen molar-refractivity contribution in [3.63, 3.8) is 0 Å². The molecule has 1 aromatic heterocycles. The van der Waals surface area contributed by atoms with Gasteiger partial charge in [-0.3, -0.25) is 24.1 Å². The van der Waals surface area contributed by atoms with Crippen LogP contribution in [0.4, 0.5) is 28.8 Å². The first kappa shape index (κ1) is 21.8. The molecule has 4 amide bonds. The third kappa shape index (κ3) is 5.16. The van der Waals surface area contributed by atoms with Gasteiger partial charge in [-0.15, -0.1) is 11.3 Å². The molecule has 158 valence electrons. The predicted molar refractivity (Wildman–Crippen MR) is 104 cm³/mol. The van der Waals surface area contributed by atoms with Crippen LogP contribution >= 0.6 is 23.1 Å². The number of hydrogen-bond donors (Lipinski definition) is 2. The number of benzene rings is 1. The fraction of sp³-hybridized carbons (Fsp3) is 0.235. The third-order valence-electron chi connectivity index (χ3n) is 3.86. The summed E-state index contributed by atoms with van der Waals surface area (Å²) in [4.78, 5) is 53.1. The molecule has 1 aliphatic heterocycles. The molecule has 30 heavy (non-hydrogen) atoms. The number of nitrogens with zero attached hydrogens (tertiary/aromatic N) is 2. The number of thioether (sulfide) groups is 1. The van der Waals surface area contributed by atoms with E-state index < -0.39 is 52.2 Å². The molecule has 0 unspecified atom stereocenters. The summed E-state index contributed by atoms with van der Waals surface area (Å²) in [5.74, 6) is -2.27. The van der Waals surface area contributed by atoms with Crippen LogP contribution in [0.3, 0.4) is 0 Å². The Kier molecular flexibility index (Phi) is 6.41. The largest absolute Gasteiger partial charge is 0.418 e. The Morgan fingerprint density at radius 1 is 1.13 bits per heavy atom. The van der Waals surface area contributed by atoms with E-state index in [0.29, 0.717) is 21.8 Å². The summed E-state index contributed by atoms with van der Waals surface area (Å²) in [6, 6.07) is 4.34. The second-order valence-electron chi connectivity index (χ2n) is 5.98. The Morgan fingerprint density at radius 3 is 2.53 bits per heavy atom. The highest BCUT2D eigenvalue weighted by atomic mass is 32.2. The van der Waals surface area contributed by atoms with Crippen molar-refractivity contribution >= 4 is 56.9 Å². The number of carbonyl (C=O) groups is 4. The standard InChI is InChI=1S/C17H13F3N4O4S2/c18-17(19,20)9-3-1-2-4-10(9)22-13(26)8-24-14(27)11(30-16(24)28)7-12(25)23-15-21-5-6-29-15/h1-6,11H,7-8H2,(H,22,26)(H,21,23,25)/t11-/m1/s1. The van der Waals surface area contributed by atoms with Gasteiger partial charge >= 0.3 is 6.18 Å². The number of imide groups is 1. The number of rotatable bonds is 6. The van der Waals surface area contributed by atoms with Crippen LogP contribution in [0.25, 0.3) is 0 Å². The van der Waals surface area contributed by atoms with Crippen molar-refractivity contribution in [2.24, 2.45) is 0 Å². The van der Waals surface area contributed by atoms with Gasteiger partial charge in [-0.1, -0.05) is 23.9 Å². The number of amides is 4. The minimum absolute atomic E-state index is 0.316. The molecule has 1 saturated heterocycles. The van der Waals surface area contributed by atoms with Gasteiger partial charge in [0, 0.05) is 18.0 Å². The van der Waals surface area contributed by atoms with Gasteiger partial charge in [-0.2, -0.15) is 13.2 Å². The molecular weight excluding hydrogens is 445 g/mol. The summed E-state index contributed by atoms with van der Waals surface area (Å²) < 4.78 is 39.1. The smallest absolute Gasteiger partial charge is 0.324 e. The Labute approximate surface area is 175 Å². The van der Waals surface area contributed by atoms with Crippen LogP contribution in [0.5, 0.6) is 0 Å². The molecule has 0 aliphatic carbocycles. The number of nitrogens with one attached hydrogen (secondary N) is 2. The lowest BCUT2D eigenvalue weighted by atomic mass is 10.1. The minimum Gasteiger partial charge on any atom is -0.324 e. The molecule has 1 fully saturated rings. The molecule has 0 bridgehead atoms. The quantitative estimate of drug-likeness (QED) is 0.688. The third-order valence-corrected chi connectivity index (χ3v) is 5.63. The van der Waals surface area contributed by atoms with E-state index in [4.69, 9.17) is 0 Å². The van der Waals surface area contributed by atoms with Crippen LogP contribution in [0.15, 0.2) is 35.8 Å². The van der Waals surface area contributed by atoms with E-state index >= 15 is 0 Å². The van der Waals surface area contributed by atoms with Crippen LogP contribution in [0, 0.1) is 0 Å². The van der Waals surface area contributed by atoms with Gasteiger partial charge in [0.25, 0.3) is 5.24 Å². The highest BCUT2D eigenvalue weighted by molar-refractivity contribution is 8.15. The molecule has 8 nitrogen and oxygen atoms in total. The van der Waals surface area contributed by atoms with Crippen LogP contribution in [-0.2, 0) is 20.6 Å². The van der Waals surface area contributed by atoms with Crippen LogP contribution in [0.2, 0.25) is 0 Å². The number of carbonyl (C=O) groups excluding carboxylic acids is 4. The second-order valence-corrected chi connectivity index (χ2v) is 8.03. The van der Waals surface area contributed by atoms with Crippen molar-refractivity contribution in [2.75, 3.05) is 17.2 Å². The molecule has 13 heteroatoms. The van der Waals surface area contributed by atoms with Crippen molar-refractivity contribution < 1.29 is 32.3 Å². The maximum absolute atomic E-state index is 13.0. The highest BCUT2D eigenvalue weighted by Gasteiger charge is 2.42. The van der Waals surface area contributed by atoms with Crippen molar-refractivity contribution in [2.45, 2.75) is 17.8 Å². The van der Waals surface area contributed by atoms with E-state index in [0.717, 1.165) is 12.1 Å². The second kappa shape index (κ2) is 8.83. The Morgan fingerprint density at radius 2 is 1.87 bits per heavy atom. The summed E-state index contributed by atoms with van der Waals surface area (Å²) in [6.07, 6.45) is -3.52. The molecule has 1 aliphatic rings. The van der Waals surface area contributed by atoms with Gasteiger partial charge in [0.1, 0.15) is 11.8 Å². The van der Waals surface area contributed by atoms with Crippen molar-refractivity contribution in [3.8, 4) is 0 Å². The molecule has 1 aromatic carbocycles. The Balaban J connectivity index is 1.60. The summed E-state index contributed by atoms with van der Waals surface area (Å²) in [5, 5.41) is 4.74. The molecule has 2 N–H and O–H groups in total. The summed E-state index contributed by atoms with van der Waals surface area (Å²) in [6.45, 7) is -0.762. The van der Waals surface area contributed by atoms with Gasteiger partial charge in [-0.05, 0) is 12.1 Å². The maximum atomic E-state index is 13.0. The predicted octanol–water partition coefficient (Wildman–Crippen LogP) is 3.19. The highest BCUT2D eigenvalue weighted by Crippen LogP contribution is 2.35. The molecule has 2 aromatic rings. The van der Waals surface area contributed by atoms with E-state index in [-0.39, 0.29) is 6.42 Å². The number of anilines is 2. The van der Waals surface area contributed by atoms with Crippen molar-refractivity contribution in [1.29, 1.82) is 0 Å². The van der Waals surface area contributed by atoms with E-state index in [1.165, 1.54) is 29.7 Å². The van der Waals surface area contributed by atoms with E-state index in [1.54, 1.807) is 5.38 Å². The van der Waals surface area contributed by atoms with E-state index in [2.05, 4.69) is 15.6 Å². The van der Waals surface area contributed by atoms with Gasteiger partial charge in [0.05, 0.1) is 11.3 Å². The average molecular weight is 458 g/mol. The fourth-order valence-corrected chi connectivity index (χ4v) is 4.10. The zero-order valence-electron chi connectivity index (χ0n) is 14.9. The van der Waals surface area contributed by atoms with Gasteiger partial charge in [-0.25, -0.2) is 4.98 Å². The first-order valence-corrected chi connectivity index (χ1v) is 10.1. The zero-order chi connectivity index (χ0) is 21.9. The van der Waals surface area contributed by atoms with Gasteiger partial charge in [0.2, 0.25) is 17.7 Å². The van der Waals surface area contributed by atoms with E-state index in [1.807, 2.05) is 0 Å². The first-order chi connectivity index (χ1) is 14.1. The average Bonchev–Trinajstić information content (AvgIpc) is 3.25. The summed E-state index contributed by atoms with van der Waals surface area (Å²) in [7, 11) is 0. The number of alkyl halides is 3. The number of thiazole rings is 1. The SMILES string of the molecule is O=C(C[C@H]1SC(=O)N(CC(=O)Nc2ccccc2C(F)(F)F)C1=O)Nc1nccs1. The van der Waals surface area contributed by atoms with Crippen LogP contribution in [0.1, 0.15) is 12.0 Å². The number of para-hydroxylation sites is 1. The van der Waals surface area contributed by atoms with E-state index in [9.17, 15) is 32.3 Å². The number of aromatic nitrogens is 1. The molecule has 1 atom stereocenters. The molecule has 3 rings (SSSR count). The Bertz CT molecular complexity index is 982. The molecule has 0 saturated carbocycles. The zero-order valence-corrected chi connectivity index (χ0v) is 16.6. The maximum Gasteiger partial charge on any atom is 0.418 e. The molecular formula is C17H13F3N4O4S2. The lowest BCUT2D eigenvalue weighted by molar-refractivity contribution is -0.137. The first-order valence-electron chi connectivity index (χ1n) is 8.32. The van der Waals surface area contributed by atoms with Gasteiger partial charge in [0.15, 0.2) is 5.13 Å². The van der Waals surface area contributed by atoms with Gasteiger partial charge < -0.3 is 10.6 Å². The monoisotopic (exact) mass is 458 g/mol. The van der Waals surface area contributed by atoms with Crippen LogP contribution in [-0.4, -0.2) is 44.6 Å².